The SMILES string of the molecule is O=C=O.c1ccc(COc2cn[nH]n2)cc1. The van der Waals surface area contributed by atoms with Gasteiger partial charge in [0.2, 0.25) is 0 Å². The molecule has 0 saturated heterocycles. The molecule has 0 aliphatic rings. The highest BCUT2D eigenvalue weighted by atomic mass is 16.5. The first-order valence-corrected chi connectivity index (χ1v) is 4.38. The number of hydrogen-bond acceptors (Lipinski definition) is 5. The van der Waals surface area contributed by atoms with Gasteiger partial charge in [0.1, 0.15) is 12.8 Å². The van der Waals surface area contributed by atoms with Crippen molar-refractivity contribution in [2.45, 2.75) is 6.61 Å². The zero-order valence-electron chi connectivity index (χ0n) is 8.29. The smallest absolute Gasteiger partial charge is 0.373 e. The molecule has 82 valence electrons. The number of aromatic nitrogens is 3. The molecule has 1 N–H and O–H groups in total. The number of hydrogen-bond donors (Lipinski definition) is 1. The van der Waals surface area contributed by atoms with Crippen molar-refractivity contribution in [2.24, 2.45) is 0 Å². The van der Waals surface area contributed by atoms with Crippen molar-refractivity contribution in [3.63, 3.8) is 0 Å². The Hall–Kier alpha value is -2.46. The Morgan fingerprint density at radius 2 is 1.94 bits per heavy atom. The van der Waals surface area contributed by atoms with E-state index in [1.807, 2.05) is 30.3 Å². The van der Waals surface area contributed by atoms with Crippen LogP contribution in [-0.2, 0) is 16.2 Å². The Labute approximate surface area is 91.2 Å². The highest BCUT2D eigenvalue weighted by molar-refractivity contribution is 5.20. The fourth-order valence-corrected chi connectivity index (χ4v) is 0.992. The topological polar surface area (TPSA) is 84.9 Å². The molecule has 0 radical (unpaired) electrons. The summed E-state index contributed by atoms with van der Waals surface area (Å²) in [5.41, 5.74) is 1.12. The molecule has 16 heavy (non-hydrogen) atoms. The molecule has 0 atom stereocenters. The lowest BCUT2D eigenvalue weighted by molar-refractivity contribution is -0.191. The van der Waals surface area contributed by atoms with Gasteiger partial charge in [-0.25, -0.2) is 0 Å². The van der Waals surface area contributed by atoms with Gasteiger partial charge in [0, 0.05) is 0 Å². The summed E-state index contributed by atoms with van der Waals surface area (Å²) in [5, 5.41) is 9.89. The van der Waals surface area contributed by atoms with E-state index < -0.39 is 0 Å². The van der Waals surface area contributed by atoms with Crippen molar-refractivity contribution in [3.8, 4) is 5.88 Å². The van der Waals surface area contributed by atoms with Gasteiger partial charge in [-0.05, 0) is 5.56 Å². The second kappa shape index (κ2) is 6.92. The zero-order valence-corrected chi connectivity index (χ0v) is 8.29. The predicted octanol–water partition coefficient (Wildman–Crippen LogP) is 0.800. The molecule has 0 aliphatic heterocycles. The minimum absolute atomic E-state index is 0.250. The highest BCUT2D eigenvalue weighted by Crippen LogP contribution is 2.05. The molecule has 1 heterocycles. The molecule has 6 heteroatoms. The summed E-state index contributed by atoms with van der Waals surface area (Å²) in [4.78, 5) is 16.2. The van der Waals surface area contributed by atoms with Crippen LogP contribution in [0.4, 0.5) is 0 Å². The van der Waals surface area contributed by atoms with Crippen molar-refractivity contribution in [1.29, 1.82) is 0 Å². The minimum Gasteiger partial charge on any atom is -0.471 e. The van der Waals surface area contributed by atoms with Crippen molar-refractivity contribution < 1.29 is 14.3 Å². The Morgan fingerprint density at radius 3 is 2.50 bits per heavy atom. The zero-order chi connectivity index (χ0) is 11.6. The number of carbonyl (C=O) groups excluding carboxylic acids is 2. The van der Waals surface area contributed by atoms with Crippen LogP contribution < -0.4 is 4.74 Å². The van der Waals surface area contributed by atoms with Crippen LogP contribution in [0.1, 0.15) is 5.56 Å². The Balaban J connectivity index is 0.000000386. The molecule has 2 rings (SSSR count). The lowest BCUT2D eigenvalue weighted by atomic mass is 10.2. The second-order valence-electron chi connectivity index (χ2n) is 2.67. The van der Waals surface area contributed by atoms with Gasteiger partial charge in [0.15, 0.2) is 0 Å². The van der Waals surface area contributed by atoms with Crippen LogP contribution in [0.3, 0.4) is 0 Å². The Bertz CT molecular complexity index is 422. The number of H-pyrrole nitrogens is 1. The third-order valence-electron chi connectivity index (χ3n) is 1.62. The van der Waals surface area contributed by atoms with Crippen molar-refractivity contribution in [2.75, 3.05) is 0 Å². The molecule has 1 aromatic heterocycles. The third-order valence-corrected chi connectivity index (χ3v) is 1.62. The normalized spacial score (nSPS) is 8.50. The largest absolute Gasteiger partial charge is 0.471 e. The van der Waals surface area contributed by atoms with Crippen molar-refractivity contribution >= 4 is 6.15 Å². The van der Waals surface area contributed by atoms with Gasteiger partial charge in [-0.1, -0.05) is 30.3 Å². The van der Waals surface area contributed by atoms with Crippen LogP contribution >= 0.6 is 0 Å². The Kier molecular flexibility index (Phi) is 5.02. The third kappa shape index (κ3) is 4.17. The molecule has 1 aromatic carbocycles. The molecule has 0 fully saturated rings. The molecule has 0 saturated carbocycles. The predicted molar refractivity (Wildman–Crippen MR) is 52.2 cm³/mol. The average Bonchev–Trinajstić information content (AvgIpc) is 2.82. The standard InChI is InChI=1S/C9H9N3O.CO2/c1-2-4-8(5-3-1)7-13-9-6-10-12-11-9;2-1-3/h1-6H,7H2,(H,10,11,12);. The number of ether oxygens (including phenoxy) is 1. The summed E-state index contributed by atoms with van der Waals surface area (Å²) < 4.78 is 5.33. The van der Waals surface area contributed by atoms with E-state index in [9.17, 15) is 0 Å². The first kappa shape index (κ1) is 11.6. The van der Waals surface area contributed by atoms with E-state index in [2.05, 4.69) is 15.4 Å². The summed E-state index contributed by atoms with van der Waals surface area (Å²) in [6.07, 6.45) is 1.79. The highest BCUT2D eigenvalue weighted by Gasteiger charge is 1.96. The maximum absolute atomic E-state index is 8.12. The van der Waals surface area contributed by atoms with Crippen LogP contribution in [-0.4, -0.2) is 21.6 Å². The van der Waals surface area contributed by atoms with E-state index >= 15 is 0 Å². The van der Waals surface area contributed by atoms with E-state index in [0.717, 1.165) is 5.56 Å². The van der Waals surface area contributed by atoms with Crippen LogP contribution in [0.25, 0.3) is 0 Å². The summed E-state index contributed by atoms with van der Waals surface area (Å²) in [7, 11) is 0. The molecular weight excluding hydrogens is 210 g/mol. The number of benzene rings is 1. The summed E-state index contributed by atoms with van der Waals surface area (Å²) in [6.45, 7) is 0.521. The van der Waals surface area contributed by atoms with Gasteiger partial charge < -0.3 is 4.74 Å². The molecule has 0 amide bonds. The maximum atomic E-state index is 8.12. The summed E-state index contributed by atoms with van der Waals surface area (Å²) in [5.74, 6) is 0.517. The van der Waals surface area contributed by atoms with E-state index in [4.69, 9.17) is 14.3 Å². The first-order valence-electron chi connectivity index (χ1n) is 4.38. The molecule has 2 aromatic rings. The van der Waals surface area contributed by atoms with Crippen molar-refractivity contribution in [1.82, 2.24) is 15.4 Å². The van der Waals surface area contributed by atoms with Crippen LogP contribution in [0.15, 0.2) is 36.5 Å². The molecule has 0 bridgehead atoms. The van der Waals surface area contributed by atoms with Gasteiger partial charge >= 0.3 is 6.15 Å². The van der Waals surface area contributed by atoms with Crippen LogP contribution in [0, 0.1) is 0 Å². The lowest BCUT2D eigenvalue weighted by Gasteiger charge is -2.00. The number of nitrogens with one attached hydrogen (secondary N) is 1. The van der Waals surface area contributed by atoms with Gasteiger partial charge in [-0.3, -0.25) is 0 Å². The quantitative estimate of drug-likeness (QED) is 0.825. The molecular formula is C10H9N3O3. The van der Waals surface area contributed by atoms with Gasteiger partial charge in [-0.2, -0.15) is 19.9 Å². The Morgan fingerprint density at radius 1 is 1.25 bits per heavy atom. The van der Waals surface area contributed by atoms with E-state index in [-0.39, 0.29) is 6.15 Å². The maximum Gasteiger partial charge on any atom is 0.373 e. The lowest BCUT2D eigenvalue weighted by Crippen LogP contribution is -1.94. The van der Waals surface area contributed by atoms with E-state index in [1.54, 1.807) is 6.20 Å². The second-order valence-corrected chi connectivity index (χ2v) is 2.67. The number of nitrogens with zero attached hydrogens (tertiary/aromatic N) is 2. The summed E-state index contributed by atoms with van der Waals surface area (Å²) >= 11 is 0. The molecule has 0 aliphatic carbocycles. The van der Waals surface area contributed by atoms with Gasteiger partial charge in [0.25, 0.3) is 5.88 Å². The number of rotatable bonds is 3. The molecule has 0 unspecified atom stereocenters. The van der Waals surface area contributed by atoms with Crippen LogP contribution in [0.5, 0.6) is 5.88 Å². The van der Waals surface area contributed by atoms with Crippen LogP contribution in [0.2, 0.25) is 0 Å². The first-order chi connectivity index (χ1) is 7.86. The van der Waals surface area contributed by atoms with Gasteiger partial charge in [-0.15, -0.1) is 5.10 Å². The molecule has 6 nitrogen and oxygen atoms in total. The van der Waals surface area contributed by atoms with Gasteiger partial charge in [0.05, 0.1) is 0 Å². The minimum atomic E-state index is 0.250. The number of aromatic amines is 1. The monoisotopic (exact) mass is 219 g/mol. The van der Waals surface area contributed by atoms with E-state index in [1.165, 1.54) is 0 Å². The van der Waals surface area contributed by atoms with Crippen molar-refractivity contribution in [3.05, 3.63) is 42.1 Å². The van der Waals surface area contributed by atoms with E-state index in [0.29, 0.717) is 12.5 Å². The average molecular weight is 219 g/mol. The summed E-state index contributed by atoms with van der Waals surface area (Å²) in [6, 6.07) is 9.92. The fourth-order valence-electron chi connectivity index (χ4n) is 0.992. The fraction of sp³-hybridized carbons (Fsp3) is 0.100. The molecule has 0 spiro atoms.